The molecule has 3 heterocycles. The molecule has 0 spiro atoms. The first-order chi connectivity index (χ1) is 9.24. The van der Waals surface area contributed by atoms with E-state index in [1.54, 1.807) is 18.3 Å². The minimum Gasteiger partial charge on any atom is -0.382 e. The van der Waals surface area contributed by atoms with Crippen LogP contribution in [0.1, 0.15) is 18.9 Å². The molecule has 100 valence electrons. The van der Waals surface area contributed by atoms with Crippen molar-refractivity contribution in [3.63, 3.8) is 0 Å². The zero-order valence-corrected chi connectivity index (χ0v) is 10.5. The molecule has 2 aromatic heterocycles. The molecule has 0 bridgehead atoms. The van der Waals surface area contributed by atoms with Gasteiger partial charge < -0.3 is 10.6 Å². The van der Waals surface area contributed by atoms with Crippen LogP contribution in [0.15, 0.2) is 30.6 Å². The molecule has 0 amide bonds. The summed E-state index contributed by atoms with van der Waals surface area (Å²) in [6.45, 7) is 1.55. The number of hydrogen-bond acceptors (Lipinski definition) is 4. The van der Waals surface area contributed by atoms with Crippen molar-refractivity contribution < 1.29 is 4.39 Å². The van der Waals surface area contributed by atoms with E-state index in [0.717, 1.165) is 25.9 Å². The van der Waals surface area contributed by atoms with Crippen molar-refractivity contribution in [2.45, 2.75) is 18.9 Å². The van der Waals surface area contributed by atoms with E-state index >= 15 is 0 Å². The summed E-state index contributed by atoms with van der Waals surface area (Å²) in [5, 5.41) is 4.24. The summed E-state index contributed by atoms with van der Waals surface area (Å²) in [5.74, 6) is 0.725. The molecule has 0 aliphatic carbocycles. The van der Waals surface area contributed by atoms with Crippen LogP contribution in [0.2, 0.25) is 0 Å². The first-order valence-electron chi connectivity index (χ1n) is 6.40. The van der Waals surface area contributed by atoms with Crippen LogP contribution in [0.3, 0.4) is 0 Å². The number of nitrogens with zero attached hydrogens (tertiary/aromatic N) is 4. The lowest BCUT2D eigenvalue weighted by Crippen LogP contribution is -2.35. The maximum Gasteiger partial charge on any atom is 0.165 e. The Hall–Kier alpha value is -2.11. The molecule has 1 aliphatic heterocycles. The molecule has 3 rings (SSSR count). The Kier molecular flexibility index (Phi) is 3.06. The summed E-state index contributed by atoms with van der Waals surface area (Å²) in [6, 6.07) is 5.19. The third-order valence-electron chi connectivity index (χ3n) is 3.51. The molecule has 1 fully saturated rings. The summed E-state index contributed by atoms with van der Waals surface area (Å²) in [7, 11) is 0. The molecule has 0 unspecified atom stereocenters. The average molecular weight is 261 g/mol. The zero-order valence-electron chi connectivity index (χ0n) is 10.5. The fraction of sp³-hybridized carbons (Fsp3) is 0.385. The first kappa shape index (κ1) is 12.0. The van der Waals surface area contributed by atoms with Gasteiger partial charge in [-0.15, -0.1) is 0 Å². The molecular formula is C13H16FN5. The van der Waals surface area contributed by atoms with Gasteiger partial charge in [0, 0.05) is 25.5 Å². The number of nitrogen functional groups attached to an aromatic ring is 1. The van der Waals surface area contributed by atoms with Crippen LogP contribution in [0.5, 0.6) is 0 Å². The van der Waals surface area contributed by atoms with Gasteiger partial charge in [-0.3, -0.25) is 4.68 Å². The first-order valence-corrected chi connectivity index (χ1v) is 6.40. The number of piperidine rings is 1. The summed E-state index contributed by atoms with van der Waals surface area (Å²) in [4.78, 5) is 6.10. The molecule has 1 saturated heterocycles. The third kappa shape index (κ3) is 2.38. The molecular weight excluding hydrogens is 245 g/mol. The highest BCUT2D eigenvalue weighted by molar-refractivity contribution is 5.40. The largest absolute Gasteiger partial charge is 0.382 e. The highest BCUT2D eigenvalue weighted by Crippen LogP contribution is 2.26. The molecule has 1 aliphatic rings. The molecule has 2 aromatic rings. The number of halogens is 1. The predicted molar refractivity (Wildman–Crippen MR) is 71.3 cm³/mol. The molecule has 0 aromatic carbocycles. The van der Waals surface area contributed by atoms with Crippen molar-refractivity contribution in [1.29, 1.82) is 0 Å². The predicted octanol–water partition coefficient (Wildman–Crippen LogP) is 1.84. The van der Waals surface area contributed by atoms with Crippen LogP contribution in [-0.2, 0) is 0 Å². The van der Waals surface area contributed by atoms with Crippen molar-refractivity contribution >= 4 is 11.6 Å². The standard InChI is InChI=1S/C13H16FN5/c14-11-2-1-6-16-13(11)18-7-3-10(4-8-18)19-9-5-12(15)17-19/h1-2,5-6,9-10H,3-4,7-8H2,(H2,15,17). The van der Waals surface area contributed by atoms with Crippen molar-refractivity contribution in [2.24, 2.45) is 0 Å². The lowest BCUT2D eigenvalue weighted by molar-refractivity contribution is 0.365. The Morgan fingerprint density at radius 1 is 1.26 bits per heavy atom. The van der Waals surface area contributed by atoms with Crippen LogP contribution in [-0.4, -0.2) is 27.9 Å². The van der Waals surface area contributed by atoms with Crippen molar-refractivity contribution in [1.82, 2.24) is 14.8 Å². The quantitative estimate of drug-likeness (QED) is 0.896. The van der Waals surface area contributed by atoms with Crippen LogP contribution in [0.25, 0.3) is 0 Å². The monoisotopic (exact) mass is 261 g/mol. The smallest absolute Gasteiger partial charge is 0.165 e. The lowest BCUT2D eigenvalue weighted by Gasteiger charge is -2.32. The number of anilines is 2. The van der Waals surface area contributed by atoms with Crippen molar-refractivity contribution in [3.05, 3.63) is 36.4 Å². The number of pyridine rings is 1. The summed E-state index contributed by atoms with van der Waals surface area (Å²) < 4.78 is 15.6. The van der Waals surface area contributed by atoms with E-state index in [1.807, 2.05) is 15.8 Å². The second-order valence-corrected chi connectivity index (χ2v) is 4.75. The number of aromatic nitrogens is 3. The number of hydrogen-bond donors (Lipinski definition) is 1. The second kappa shape index (κ2) is 4.87. The van der Waals surface area contributed by atoms with Gasteiger partial charge in [0.2, 0.25) is 0 Å². The van der Waals surface area contributed by atoms with Gasteiger partial charge in [-0.2, -0.15) is 5.10 Å². The molecule has 19 heavy (non-hydrogen) atoms. The Morgan fingerprint density at radius 3 is 2.68 bits per heavy atom. The Balaban J connectivity index is 1.68. The fourth-order valence-corrected chi connectivity index (χ4v) is 2.51. The van der Waals surface area contributed by atoms with Crippen molar-refractivity contribution in [2.75, 3.05) is 23.7 Å². The third-order valence-corrected chi connectivity index (χ3v) is 3.51. The number of nitrogens with two attached hydrogens (primary N) is 1. The van der Waals surface area contributed by atoms with E-state index in [1.165, 1.54) is 6.07 Å². The molecule has 5 nitrogen and oxygen atoms in total. The van der Waals surface area contributed by atoms with Gasteiger partial charge in [0.05, 0.1) is 6.04 Å². The van der Waals surface area contributed by atoms with Gasteiger partial charge in [-0.25, -0.2) is 9.37 Å². The Labute approximate surface area is 110 Å². The van der Waals surface area contributed by atoms with E-state index in [0.29, 0.717) is 17.7 Å². The van der Waals surface area contributed by atoms with E-state index in [4.69, 9.17) is 5.73 Å². The van der Waals surface area contributed by atoms with E-state index in [-0.39, 0.29) is 5.82 Å². The van der Waals surface area contributed by atoms with E-state index in [2.05, 4.69) is 10.1 Å². The van der Waals surface area contributed by atoms with Gasteiger partial charge >= 0.3 is 0 Å². The van der Waals surface area contributed by atoms with Gasteiger partial charge in [0.1, 0.15) is 5.82 Å². The molecule has 6 heteroatoms. The molecule has 2 N–H and O–H groups in total. The molecule has 0 saturated carbocycles. The van der Waals surface area contributed by atoms with Crippen LogP contribution in [0.4, 0.5) is 16.0 Å². The summed E-state index contributed by atoms with van der Waals surface area (Å²) in [5.41, 5.74) is 5.62. The van der Waals surface area contributed by atoms with Crippen LogP contribution in [0, 0.1) is 5.82 Å². The van der Waals surface area contributed by atoms with E-state index in [9.17, 15) is 4.39 Å². The zero-order chi connectivity index (χ0) is 13.2. The van der Waals surface area contributed by atoms with Crippen LogP contribution >= 0.6 is 0 Å². The lowest BCUT2D eigenvalue weighted by atomic mass is 10.1. The normalized spacial score (nSPS) is 16.8. The summed E-state index contributed by atoms with van der Waals surface area (Å²) in [6.07, 6.45) is 5.35. The highest BCUT2D eigenvalue weighted by Gasteiger charge is 2.23. The number of rotatable bonds is 2. The fourth-order valence-electron chi connectivity index (χ4n) is 2.51. The maximum atomic E-state index is 13.7. The van der Waals surface area contributed by atoms with Gasteiger partial charge in [-0.1, -0.05) is 0 Å². The van der Waals surface area contributed by atoms with Crippen molar-refractivity contribution in [3.8, 4) is 0 Å². The SMILES string of the molecule is Nc1ccn(C2CCN(c3ncccc3F)CC2)n1. The average Bonchev–Trinajstić information content (AvgIpc) is 2.86. The van der Waals surface area contributed by atoms with Gasteiger partial charge in [0.25, 0.3) is 0 Å². The summed E-state index contributed by atoms with van der Waals surface area (Å²) >= 11 is 0. The molecule has 0 atom stereocenters. The van der Waals surface area contributed by atoms with Crippen LogP contribution < -0.4 is 10.6 Å². The highest BCUT2D eigenvalue weighted by atomic mass is 19.1. The topological polar surface area (TPSA) is 60.0 Å². The Morgan fingerprint density at radius 2 is 2.05 bits per heavy atom. The molecule has 0 radical (unpaired) electrons. The second-order valence-electron chi connectivity index (χ2n) is 4.75. The maximum absolute atomic E-state index is 13.7. The van der Waals surface area contributed by atoms with E-state index < -0.39 is 0 Å². The minimum atomic E-state index is -0.260. The van der Waals surface area contributed by atoms with Gasteiger partial charge in [0.15, 0.2) is 11.6 Å². The Bertz CT molecular complexity index is 560. The van der Waals surface area contributed by atoms with Gasteiger partial charge in [-0.05, 0) is 31.0 Å². The minimum absolute atomic E-state index is 0.260.